The lowest BCUT2D eigenvalue weighted by Gasteiger charge is -2.51. The Morgan fingerprint density at radius 3 is 2.92 bits per heavy atom. The molecule has 0 aromatic rings. The van der Waals surface area contributed by atoms with E-state index in [-0.39, 0.29) is 29.0 Å². The monoisotopic (exact) mass is 363 g/mol. The van der Waals surface area contributed by atoms with Crippen molar-refractivity contribution in [1.29, 1.82) is 0 Å². The molecule has 1 spiro atoms. The van der Waals surface area contributed by atoms with Gasteiger partial charge in [-0.1, -0.05) is 6.92 Å². The summed E-state index contributed by atoms with van der Waals surface area (Å²) in [6.07, 6.45) is 8.41. The maximum atomic E-state index is 12.8. The van der Waals surface area contributed by atoms with Crippen LogP contribution in [0.15, 0.2) is 0 Å². The largest absolute Gasteiger partial charge is 0.462 e. The number of carbonyl (C=O) groups is 1. The number of likely N-dealkylation sites (tertiary alicyclic amines) is 1. The van der Waals surface area contributed by atoms with Crippen LogP contribution in [0.1, 0.15) is 51.9 Å². The highest BCUT2D eigenvalue weighted by Gasteiger charge is 2.65. The number of rotatable bonds is 4. The van der Waals surface area contributed by atoms with Crippen molar-refractivity contribution < 1.29 is 19.0 Å². The predicted molar refractivity (Wildman–Crippen MR) is 96.7 cm³/mol. The lowest BCUT2D eigenvalue weighted by atomic mass is 9.53. The number of methoxy groups -OCH3 is 1. The van der Waals surface area contributed by atoms with E-state index in [1.54, 1.807) is 7.11 Å². The number of esters is 1. The van der Waals surface area contributed by atoms with Crippen LogP contribution in [0.3, 0.4) is 0 Å². The van der Waals surface area contributed by atoms with Crippen LogP contribution in [-0.4, -0.2) is 62.0 Å². The number of fused-ring (bicyclic) bond motifs is 3. The number of hydrogen-bond acceptors (Lipinski definition) is 5. The zero-order valence-corrected chi connectivity index (χ0v) is 16.2. The van der Waals surface area contributed by atoms with Gasteiger partial charge in [-0.2, -0.15) is 0 Å². The molecule has 5 rings (SSSR count). The maximum absolute atomic E-state index is 12.8. The van der Waals surface area contributed by atoms with Crippen molar-refractivity contribution in [1.82, 2.24) is 4.90 Å². The molecule has 0 radical (unpaired) electrons. The summed E-state index contributed by atoms with van der Waals surface area (Å²) in [7, 11) is 1.77. The molecular weight excluding hydrogens is 330 g/mol. The Kier molecular flexibility index (Phi) is 4.15. The minimum absolute atomic E-state index is 0.0414. The van der Waals surface area contributed by atoms with Crippen molar-refractivity contribution >= 4 is 5.97 Å². The number of nitrogens with zero attached hydrogens (tertiary/aromatic N) is 1. The van der Waals surface area contributed by atoms with Crippen LogP contribution in [0.5, 0.6) is 0 Å². The van der Waals surface area contributed by atoms with Crippen LogP contribution in [0.2, 0.25) is 0 Å². The van der Waals surface area contributed by atoms with Gasteiger partial charge in [0.1, 0.15) is 6.10 Å². The first-order valence-corrected chi connectivity index (χ1v) is 10.6. The fraction of sp³-hybridized carbons (Fsp3) is 0.952. The van der Waals surface area contributed by atoms with Crippen LogP contribution < -0.4 is 0 Å². The van der Waals surface area contributed by atoms with Crippen LogP contribution in [0.4, 0.5) is 0 Å². The molecule has 0 amide bonds. The molecule has 5 heteroatoms. The SMILES string of the molecule is COC[C@@H]1CCCN1C[C@@H]1C(=O)O[C@@H]2C[C@@]3(C)CCC[C@@]4(CO4)[C@H]3C[C@H]12. The van der Waals surface area contributed by atoms with Gasteiger partial charge in [-0.3, -0.25) is 9.69 Å². The molecule has 26 heavy (non-hydrogen) atoms. The molecule has 2 saturated carbocycles. The quantitative estimate of drug-likeness (QED) is 0.568. The topological polar surface area (TPSA) is 51.3 Å². The summed E-state index contributed by atoms with van der Waals surface area (Å²) in [5.41, 5.74) is 0.428. The zero-order valence-electron chi connectivity index (χ0n) is 16.2. The highest BCUT2D eigenvalue weighted by molar-refractivity contribution is 5.75. The molecule has 0 unspecified atom stereocenters. The van der Waals surface area contributed by atoms with Gasteiger partial charge in [0.2, 0.25) is 0 Å². The summed E-state index contributed by atoms with van der Waals surface area (Å²) in [6.45, 7) is 6.07. The summed E-state index contributed by atoms with van der Waals surface area (Å²) in [5, 5.41) is 0. The van der Waals surface area contributed by atoms with E-state index in [0.29, 0.717) is 17.9 Å². The Morgan fingerprint density at radius 2 is 2.15 bits per heavy atom. The van der Waals surface area contributed by atoms with Gasteiger partial charge in [0.25, 0.3) is 0 Å². The van der Waals surface area contributed by atoms with Crippen LogP contribution in [0, 0.1) is 23.2 Å². The first kappa shape index (κ1) is 17.4. The smallest absolute Gasteiger partial charge is 0.310 e. The van der Waals surface area contributed by atoms with Gasteiger partial charge in [-0.05, 0) is 62.8 Å². The second-order valence-electron chi connectivity index (χ2n) is 9.85. The fourth-order valence-electron chi connectivity index (χ4n) is 6.93. The van der Waals surface area contributed by atoms with E-state index in [1.807, 2.05) is 0 Å². The van der Waals surface area contributed by atoms with E-state index in [2.05, 4.69) is 11.8 Å². The molecule has 3 heterocycles. The van der Waals surface area contributed by atoms with Crippen molar-refractivity contribution in [2.24, 2.45) is 23.2 Å². The summed E-state index contributed by atoms with van der Waals surface area (Å²) >= 11 is 0. The predicted octanol–water partition coefficient (Wildman–Crippen LogP) is 2.62. The summed E-state index contributed by atoms with van der Waals surface area (Å²) in [6, 6.07) is 0.466. The summed E-state index contributed by atoms with van der Waals surface area (Å²) < 4.78 is 17.4. The molecule has 3 aliphatic heterocycles. The number of ether oxygens (including phenoxy) is 3. The molecular formula is C21H33NO4. The summed E-state index contributed by atoms with van der Waals surface area (Å²) in [4.78, 5) is 15.3. The molecule has 5 aliphatic rings. The molecule has 2 aliphatic carbocycles. The molecule has 0 aromatic carbocycles. The normalized spacial score (nSPS) is 50.5. The van der Waals surface area contributed by atoms with Crippen molar-refractivity contribution in [2.45, 2.75) is 69.6 Å². The number of hydrogen-bond donors (Lipinski definition) is 0. The maximum Gasteiger partial charge on any atom is 0.310 e. The number of epoxide rings is 1. The molecule has 7 atom stereocenters. The number of carbonyl (C=O) groups excluding carboxylic acids is 1. The lowest BCUT2D eigenvalue weighted by molar-refractivity contribution is -0.147. The third kappa shape index (κ3) is 2.65. The Hall–Kier alpha value is -0.650. The van der Waals surface area contributed by atoms with E-state index < -0.39 is 0 Å². The minimum Gasteiger partial charge on any atom is -0.462 e. The fourth-order valence-corrected chi connectivity index (χ4v) is 6.93. The van der Waals surface area contributed by atoms with E-state index in [9.17, 15) is 4.79 Å². The van der Waals surface area contributed by atoms with E-state index in [1.165, 1.54) is 32.1 Å². The Bertz CT molecular complexity index is 576. The molecule has 146 valence electrons. The van der Waals surface area contributed by atoms with Gasteiger partial charge in [0.15, 0.2) is 0 Å². The third-order valence-corrected chi connectivity index (χ3v) is 8.37. The highest BCUT2D eigenvalue weighted by Crippen LogP contribution is 2.62. The van der Waals surface area contributed by atoms with Gasteiger partial charge in [-0.25, -0.2) is 0 Å². The first-order valence-electron chi connectivity index (χ1n) is 10.6. The van der Waals surface area contributed by atoms with Gasteiger partial charge in [-0.15, -0.1) is 0 Å². The van der Waals surface area contributed by atoms with Crippen LogP contribution in [0.25, 0.3) is 0 Å². The average Bonchev–Trinajstić information content (AvgIpc) is 3.12. The van der Waals surface area contributed by atoms with Gasteiger partial charge < -0.3 is 14.2 Å². The second-order valence-corrected chi connectivity index (χ2v) is 9.85. The average molecular weight is 363 g/mol. The van der Waals surface area contributed by atoms with Gasteiger partial charge >= 0.3 is 5.97 Å². The van der Waals surface area contributed by atoms with E-state index >= 15 is 0 Å². The lowest BCUT2D eigenvalue weighted by Crippen LogP contribution is -2.51. The highest BCUT2D eigenvalue weighted by atomic mass is 16.6. The van der Waals surface area contributed by atoms with Crippen LogP contribution in [-0.2, 0) is 19.0 Å². The Labute approximate surface area is 156 Å². The Morgan fingerprint density at radius 1 is 1.31 bits per heavy atom. The zero-order chi connectivity index (χ0) is 17.9. The van der Waals surface area contributed by atoms with Crippen LogP contribution >= 0.6 is 0 Å². The summed E-state index contributed by atoms with van der Waals surface area (Å²) in [5.74, 6) is 1.08. The van der Waals surface area contributed by atoms with Crippen molar-refractivity contribution in [3.05, 3.63) is 0 Å². The molecule has 0 N–H and O–H groups in total. The molecule has 0 aromatic heterocycles. The minimum atomic E-state index is 0.0414. The molecule has 3 saturated heterocycles. The second kappa shape index (κ2) is 6.18. The molecule has 5 nitrogen and oxygen atoms in total. The first-order chi connectivity index (χ1) is 12.5. The van der Waals surface area contributed by atoms with Crippen molar-refractivity contribution in [3.63, 3.8) is 0 Å². The molecule has 0 bridgehead atoms. The standard InChI is InChI=1S/C21H33NO4/c1-20-6-4-7-21(13-25-21)18(20)9-15-16(19(23)26-17(15)10-20)11-22-8-3-5-14(22)12-24-2/h14-18H,3-13H2,1-2H3/t14-,15+,16-,17+,18-,20+,21+/m0/s1. The van der Waals surface area contributed by atoms with Gasteiger partial charge in [0, 0.05) is 25.6 Å². The third-order valence-electron chi connectivity index (χ3n) is 8.37. The van der Waals surface area contributed by atoms with Crippen molar-refractivity contribution in [3.8, 4) is 0 Å². The molecule has 5 fully saturated rings. The van der Waals surface area contributed by atoms with Crippen molar-refractivity contribution in [2.75, 3.05) is 33.4 Å². The van der Waals surface area contributed by atoms with Gasteiger partial charge in [0.05, 0.1) is 24.7 Å². The Balaban J connectivity index is 1.34. The van der Waals surface area contributed by atoms with E-state index in [4.69, 9.17) is 14.2 Å². The van der Waals surface area contributed by atoms with E-state index in [0.717, 1.165) is 39.1 Å².